The number of nitrogens with one attached hydrogen (secondary N) is 2. The van der Waals surface area contributed by atoms with Crippen molar-refractivity contribution in [1.82, 2.24) is 10.2 Å². The first-order valence-electron chi connectivity index (χ1n) is 14.8. The summed E-state index contributed by atoms with van der Waals surface area (Å²) in [5.74, 6) is -1.56. The normalized spacial score (nSPS) is 16.6. The number of carbonyl (C=O) groups excluding carboxylic acids is 3. The molecule has 1 aliphatic heterocycles. The van der Waals surface area contributed by atoms with Crippen LogP contribution in [0.3, 0.4) is 0 Å². The van der Waals surface area contributed by atoms with Crippen LogP contribution in [0.5, 0.6) is 0 Å². The first kappa shape index (κ1) is 35.2. The summed E-state index contributed by atoms with van der Waals surface area (Å²) >= 11 is 13.2. The lowest BCUT2D eigenvalue weighted by Gasteiger charge is -2.34. The number of carbonyl (C=O) groups is 3. The molecule has 2 atom stereocenters. The van der Waals surface area contributed by atoms with Gasteiger partial charge in [0, 0.05) is 39.9 Å². The molecule has 0 radical (unpaired) electrons. The summed E-state index contributed by atoms with van der Waals surface area (Å²) in [5, 5.41) is 6.30. The highest BCUT2D eigenvalue weighted by Gasteiger charge is 2.58. The molecule has 0 spiro atoms. The second-order valence-corrected chi connectivity index (χ2v) is 13.2. The number of halogens is 2. The quantitative estimate of drug-likeness (QED) is 0.166. The number of nitrogens with two attached hydrogens (primary N) is 1. The lowest BCUT2D eigenvalue weighted by molar-refractivity contribution is -0.144. The number of esters is 1. The zero-order chi connectivity index (χ0) is 33.6. The Hall–Kier alpha value is -3.68. The van der Waals surface area contributed by atoms with E-state index in [0.717, 1.165) is 0 Å². The Bertz CT molecular complexity index is 1700. The average Bonchev–Trinajstić information content (AvgIpc) is 3.28. The predicted octanol–water partition coefficient (Wildman–Crippen LogP) is 5.11. The zero-order valence-corrected chi connectivity index (χ0v) is 28.1. The number of urea groups is 1. The van der Waals surface area contributed by atoms with Crippen molar-refractivity contribution in [3.8, 4) is 0 Å². The topological polar surface area (TPSA) is 151 Å². The largest absolute Gasteiger partial charge is 0.468 e. The fraction of sp³-hybridized carbons (Fsp3) is 0.344. The summed E-state index contributed by atoms with van der Waals surface area (Å²) in [6.45, 7) is 5.09. The number of anilines is 2. The minimum atomic E-state index is -4.56. The number of hydrogen-bond donors (Lipinski definition) is 3. The van der Waals surface area contributed by atoms with E-state index in [4.69, 9.17) is 33.7 Å². The molecule has 11 nitrogen and oxygen atoms in total. The summed E-state index contributed by atoms with van der Waals surface area (Å²) in [5.41, 5.74) is 4.56. The summed E-state index contributed by atoms with van der Waals surface area (Å²) in [6, 6.07) is 15.0. The molecular formula is C32H37Cl2N5O6S. The van der Waals surface area contributed by atoms with Crippen molar-refractivity contribution in [2.45, 2.75) is 49.6 Å². The summed E-state index contributed by atoms with van der Waals surface area (Å²) < 4.78 is 34.4. The molecule has 246 valence electrons. The summed E-state index contributed by atoms with van der Waals surface area (Å²) in [7, 11) is -3.33. The number of nitrogens with zero attached hydrogens (tertiary/aromatic N) is 2. The molecule has 0 aromatic heterocycles. The molecule has 0 saturated heterocycles. The minimum Gasteiger partial charge on any atom is -0.468 e. The number of ether oxygens (including phenoxy) is 1. The third kappa shape index (κ3) is 6.72. The van der Waals surface area contributed by atoms with Gasteiger partial charge < -0.3 is 20.7 Å². The van der Waals surface area contributed by atoms with Crippen LogP contribution in [-0.2, 0) is 29.9 Å². The first-order chi connectivity index (χ1) is 22.0. The summed E-state index contributed by atoms with van der Waals surface area (Å²) in [4.78, 5) is 41.8. The van der Waals surface area contributed by atoms with Crippen molar-refractivity contribution in [2.24, 2.45) is 5.73 Å². The van der Waals surface area contributed by atoms with E-state index in [1.54, 1.807) is 29.2 Å². The van der Waals surface area contributed by atoms with Crippen molar-refractivity contribution >= 4 is 62.5 Å². The number of amides is 3. The van der Waals surface area contributed by atoms with Crippen LogP contribution in [0.2, 0.25) is 10.0 Å². The standard InChI is InChI=1S/C32H37Cl2N5O6S/c1-4-38(5-2)31(42)36-22-14-16-23(17-15-22)46(43,44)39-28-18-13-21(33)20-25(28)32(30(39)41,24-10-6-7-11-26(24)34)37-27(29(40)45-3)12-8-9-19-35/h6-7,10-11,13-18,20,27,37H,4-5,8-9,12,19,35H2,1-3H3,(H,36,42)/t27-,32?/m1/s1. The lowest BCUT2D eigenvalue weighted by atomic mass is 9.82. The first-order valence-corrected chi connectivity index (χ1v) is 17.0. The van der Waals surface area contributed by atoms with Crippen LogP contribution in [0.25, 0.3) is 0 Å². The molecule has 0 bridgehead atoms. The highest BCUT2D eigenvalue weighted by atomic mass is 35.5. The van der Waals surface area contributed by atoms with E-state index in [1.807, 2.05) is 13.8 Å². The van der Waals surface area contributed by atoms with E-state index in [2.05, 4.69) is 10.6 Å². The second kappa shape index (κ2) is 14.8. The van der Waals surface area contributed by atoms with Gasteiger partial charge in [-0.15, -0.1) is 0 Å². The van der Waals surface area contributed by atoms with Gasteiger partial charge in [0.05, 0.1) is 17.7 Å². The second-order valence-electron chi connectivity index (χ2n) is 10.6. The lowest BCUT2D eigenvalue weighted by Crippen LogP contribution is -2.58. The number of hydrogen-bond acceptors (Lipinski definition) is 8. The molecule has 4 rings (SSSR count). The van der Waals surface area contributed by atoms with E-state index in [9.17, 15) is 22.8 Å². The zero-order valence-electron chi connectivity index (χ0n) is 25.8. The third-order valence-electron chi connectivity index (χ3n) is 7.88. The number of methoxy groups -OCH3 is 1. The maximum atomic E-state index is 14.8. The van der Waals surface area contributed by atoms with E-state index < -0.39 is 33.5 Å². The SMILES string of the molecule is CCN(CC)C(=O)Nc1ccc(S(=O)(=O)N2C(=O)C(N[C@H](CCCCN)C(=O)OC)(c3ccccc3Cl)c3cc(Cl)ccc32)cc1. The van der Waals surface area contributed by atoms with Crippen LogP contribution < -0.4 is 20.7 Å². The molecule has 46 heavy (non-hydrogen) atoms. The van der Waals surface area contributed by atoms with Gasteiger partial charge in [0.25, 0.3) is 15.9 Å². The van der Waals surface area contributed by atoms with Gasteiger partial charge in [-0.3, -0.25) is 14.9 Å². The fourth-order valence-electron chi connectivity index (χ4n) is 5.52. The Morgan fingerprint density at radius 3 is 2.28 bits per heavy atom. The number of sulfonamides is 1. The maximum Gasteiger partial charge on any atom is 0.322 e. The van der Waals surface area contributed by atoms with E-state index >= 15 is 0 Å². The van der Waals surface area contributed by atoms with E-state index in [-0.39, 0.29) is 44.2 Å². The molecule has 1 unspecified atom stereocenters. The van der Waals surface area contributed by atoms with Crippen molar-refractivity contribution in [1.29, 1.82) is 0 Å². The minimum absolute atomic E-state index is 0.0336. The van der Waals surface area contributed by atoms with E-state index in [1.165, 1.54) is 49.6 Å². The van der Waals surface area contributed by atoms with Crippen molar-refractivity contribution in [3.05, 3.63) is 87.9 Å². The Morgan fingerprint density at radius 2 is 1.67 bits per heavy atom. The maximum absolute atomic E-state index is 14.8. The number of benzene rings is 3. The molecule has 1 aliphatic rings. The molecule has 0 aliphatic carbocycles. The van der Waals surface area contributed by atoms with Crippen molar-refractivity contribution < 1.29 is 27.5 Å². The predicted molar refractivity (Wildman–Crippen MR) is 179 cm³/mol. The van der Waals surface area contributed by atoms with Gasteiger partial charge >= 0.3 is 12.0 Å². The van der Waals surface area contributed by atoms with Gasteiger partial charge in [-0.05, 0) is 81.8 Å². The molecule has 4 N–H and O–H groups in total. The fourth-order valence-corrected chi connectivity index (χ4v) is 7.43. The van der Waals surface area contributed by atoms with Gasteiger partial charge in [-0.2, -0.15) is 0 Å². The Labute approximate surface area is 279 Å². The van der Waals surface area contributed by atoms with Crippen molar-refractivity contribution in [3.63, 3.8) is 0 Å². The monoisotopic (exact) mass is 689 g/mol. The van der Waals surface area contributed by atoms with Crippen molar-refractivity contribution in [2.75, 3.05) is 36.4 Å². The molecule has 3 amide bonds. The van der Waals surface area contributed by atoms with Crippen LogP contribution in [0, 0.1) is 0 Å². The van der Waals surface area contributed by atoms with Crippen LogP contribution in [0.1, 0.15) is 44.2 Å². The van der Waals surface area contributed by atoms with Gasteiger partial charge in [-0.25, -0.2) is 17.5 Å². The van der Waals surface area contributed by atoms with Gasteiger partial charge in [0.15, 0.2) is 5.54 Å². The average molecular weight is 691 g/mol. The highest BCUT2D eigenvalue weighted by Crippen LogP contribution is 2.49. The van der Waals surface area contributed by atoms with Crippen LogP contribution in [-0.4, -0.2) is 64.0 Å². The Balaban J connectivity index is 1.86. The van der Waals surface area contributed by atoms with Crippen LogP contribution in [0.15, 0.2) is 71.6 Å². The number of fused-ring (bicyclic) bond motifs is 1. The number of unbranched alkanes of at least 4 members (excludes halogenated alkanes) is 1. The Kier molecular flexibility index (Phi) is 11.3. The van der Waals surface area contributed by atoms with Gasteiger partial charge in [0.2, 0.25) is 0 Å². The summed E-state index contributed by atoms with van der Waals surface area (Å²) in [6.07, 6.45) is 1.38. The molecule has 0 saturated carbocycles. The molecule has 3 aromatic carbocycles. The van der Waals surface area contributed by atoms with Crippen LogP contribution in [0.4, 0.5) is 16.2 Å². The molecule has 0 fully saturated rings. The molecular weight excluding hydrogens is 653 g/mol. The van der Waals surface area contributed by atoms with Gasteiger partial charge in [-0.1, -0.05) is 47.8 Å². The van der Waals surface area contributed by atoms with Gasteiger partial charge in [0.1, 0.15) is 6.04 Å². The molecule has 14 heteroatoms. The molecule has 1 heterocycles. The highest BCUT2D eigenvalue weighted by molar-refractivity contribution is 7.93. The third-order valence-corrected chi connectivity index (χ3v) is 10.2. The smallest absolute Gasteiger partial charge is 0.322 e. The molecule has 3 aromatic rings. The van der Waals surface area contributed by atoms with Crippen LogP contribution >= 0.6 is 23.2 Å². The van der Waals surface area contributed by atoms with E-state index in [0.29, 0.717) is 42.5 Å². The number of rotatable bonds is 13. The Morgan fingerprint density at radius 1 is 1.00 bits per heavy atom.